The van der Waals surface area contributed by atoms with E-state index in [9.17, 15) is 0 Å². The molecule has 9 aromatic carbocycles. The van der Waals surface area contributed by atoms with Gasteiger partial charge in [0.1, 0.15) is 23.3 Å². The number of aromatic nitrogens is 12. The summed E-state index contributed by atoms with van der Waals surface area (Å²) in [5, 5.41) is 9.59. The number of benzene rings is 9. The van der Waals surface area contributed by atoms with E-state index in [-0.39, 0.29) is 0 Å². The minimum absolute atomic E-state index is 0.808. The summed E-state index contributed by atoms with van der Waals surface area (Å²) in [5.41, 5.74) is 19.7. The highest BCUT2D eigenvalue weighted by Crippen LogP contribution is 2.35. The topological polar surface area (TPSA) is 131 Å². The standard InChI is InChI=1S/2C18H14N2.C17H13N3.C15H12N2.C12H11N.C9H8N2/c1-13-5-4-6-14(11-13)20-17-8-3-2-7-15(17)16-12-19-10-9-18(16)20;1-13-9-10-17-15(12-13)14-6-2-3-7-16(14)20(17)18-8-4-5-11-19-18;1-12-5-6-15-13(10-12)14-11-18-9-7-16(14)20(15)17-4-2-3-8-19-17;1-11-16-14-10-6-5-9-13(14)15(17-11)12-7-3-2-4-8-12;1-10-7-8-12(13-9-10)11-5-3-2-4-6-11;1-7-10-6-8-4-2-3-5-9(8)11-7/h2*2-12H,1H3;2-11H,1H3;2-10H,1H3;2-9H,1H3;2-6H,1H3. The number of para-hydroxylation sites is 4. The maximum Gasteiger partial charge on any atom is 0.137 e. The summed E-state index contributed by atoms with van der Waals surface area (Å²) in [4.78, 5) is 39.3. The van der Waals surface area contributed by atoms with Gasteiger partial charge in [-0.1, -0.05) is 187 Å². The molecule has 0 atom stereocenters. The monoisotopic (exact) mass is 1310 g/mol. The maximum atomic E-state index is 4.56. The Morgan fingerprint density at radius 3 is 1.36 bits per heavy atom. The Bertz CT molecular complexity index is 5820. The lowest BCUT2D eigenvalue weighted by Gasteiger charge is -2.08. The molecule has 0 spiro atoms. The summed E-state index contributed by atoms with van der Waals surface area (Å²) in [6, 6.07) is 95.4. The molecule has 0 radical (unpaired) electrons. The van der Waals surface area contributed by atoms with Crippen molar-refractivity contribution in [3.63, 3.8) is 0 Å². The fourth-order valence-corrected chi connectivity index (χ4v) is 12.7. The molecule has 0 fully saturated rings. The highest BCUT2D eigenvalue weighted by Gasteiger charge is 2.16. The lowest BCUT2D eigenvalue weighted by atomic mass is 10.1. The second kappa shape index (κ2) is 30.1. The van der Waals surface area contributed by atoms with Crippen molar-refractivity contribution in [2.75, 3.05) is 0 Å². The van der Waals surface area contributed by atoms with Gasteiger partial charge in [0.2, 0.25) is 0 Å². The van der Waals surface area contributed by atoms with E-state index in [1.165, 1.54) is 82.5 Å². The second-order valence-corrected chi connectivity index (χ2v) is 24.6. The SMILES string of the molecule is Cc1ccc(-c2ccccc2)nc1.Cc1ccc2c(c1)c1ccccc1n2-c1ccccn1.Cc1ccc2c(c1)c1cnccc1n2-c1ccccn1.Cc1cccc(-n2c3ccccc3c3cnccc32)c1.Cc1nc(-c2ccccc2)c2ccccc2n1.Cc1ncc2ccccc2n1. The number of nitrogens with zero attached hydrogens (tertiary/aromatic N) is 12. The van der Waals surface area contributed by atoms with E-state index < -0.39 is 0 Å². The van der Waals surface area contributed by atoms with Gasteiger partial charge in [0.25, 0.3) is 0 Å². The molecule has 0 saturated heterocycles. The molecular weight excluding hydrogens is 1240 g/mol. The largest absolute Gasteiger partial charge is 0.309 e. The molecule has 0 aliphatic heterocycles. The van der Waals surface area contributed by atoms with Gasteiger partial charge in [0, 0.05) is 109 Å². The summed E-state index contributed by atoms with van der Waals surface area (Å²) in [6.07, 6.45) is 15.0. The minimum Gasteiger partial charge on any atom is -0.309 e. The maximum absolute atomic E-state index is 4.56. The number of fused-ring (bicyclic) bond motifs is 11. The smallest absolute Gasteiger partial charge is 0.137 e. The van der Waals surface area contributed by atoms with Gasteiger partial charge in [-0.05, 0) is 156 Å². The van der Waals surface area contributed by atoms with Gasteiger partial charge in [-0.15, -0.1) is 0 Å². The van der Waals surface area contributed by atoms with Crippen LogP contribution in [0.4, 0.5) is 0 Å². The van der Waals surface area contributed by atoms with Crippen LogP contribution in [0.3, 0.4) is 0 Å². The average Bonchev–Trinajstić information content (AvgIpc) is 1.62. The highest BCUT2D eigenvalue weighted by molar-refractivity contribution is 6.11. The normalized spacial score (nSPS) is 10.9. The van der Waals surface area contributed by atoms with Gasteiger partial charge < -0.3 is 4.57 Å². The highest BCUT2D eigenvalue weighted by atomic mass is 15.1. The van der Waals surface area contributed by atoms with Gasteiger partial charge in [0.05, 0.1) is 55.5 Å². The molecule has 10 heterocycles. The van der Waals surface area contributed by atoms with Crippen LogP contribution >= 0.6 is 0 Å². The van der Waals surface area contributed by atoms with Crippen molar-refractivity contribution in [1.29, 1.82) is 0 Å². The van der Waals surface area contributed by atoms with E-state index in [2.05, 4.69) is 231 Å². The lowest BCUT2D eigenvalue weighted by Crippen LogP contribution is -1.96. The molecule has 0 unspecified atom stereocenters. The molecule has 0 N–H and O–H groups in total. The Morgan fingerprint density at radius 2 is 0.743 bits per heavy atom. The molecule has 101 heavy (non-hydrogen) atoms. The molecule has 0 aliphatic rings. The van der Waals surface area contributed by atoms with Crippen LogP contribution in [0.2, 0.25) is 0 Å². The first kappa shape index (κ1) is 65.1. The summed E-state index contributed by atoms with van der Waals surface area (Å²) in [6.45, 7) is 12.2. The first-order valence-electron chi connectivity index (χ1n) is 33.6. The quantitative estimate of drug-likeness (QED) is 0.165. The minimum atomic E-state index is 0.808. The fourth-order valence-electron chi connectivity index (χ4n) is 12.7. The second-order valence-electron chi connectivity index (χ2n) is 24.6. The summed E-state index contributed by atoms with van der Waals surface area (Å²) in [7, 11) is 0. The molecule has 0 saturated carbocycles. The van der Waals surface area contributed by atoms with Crippen LogP contribution in [0.25, 0.3) is 127 Å². The number of rotatable bonds is 5. The van der Waals surface area contributed by atoms with E-state index in [0.717, 1.165) is 78.5 Å². The third kappa shape index (κ3) is 14.5. The number of pyridine rings is 5. The summed E-state index contributed by atoms with van der Waals surface area (Å²) in [5.74, 6) is 3.52. The van der Waals surface area contributed by atoms with Gasteiger partial charge in [-0.25, -0.2) is 29.9 Å². The number of hydrogen-bond donors (Lipinski definition) is 0. The van der Waals surface area contributed by atoms with Crippen molar-refractivity contribution in [2.45, 2.75) is 41.5 Å². The van der Waals surface area contributed by atoms with E-state index in [1.807, 2.05) is 198 Å². The third-order valence-corrected chi connectivity index (χ3v) is 17.4. The van der Waals surface area contributed by atoms with E-state index >= 15 is 0 Å². The zero-order valence-corrected chi connectivity index (χ0v) is 57.0. The van der Waals surface area contributed by atoms with Gasteiger partial charge in [-0.3, -0.25) is 24.1 Å². The molecule has 19 rings (SSSR count). The Kier molecular flexibility index (Phi) is 19.4. The van der Waals surface area contributed by atoms with Crippen LogP contribution in [0.1, 0.15) is 33.9 Å². The van der Waals surface area contributed by atoms with Gasteiger partial charge in [0.15, 0.2) is 0 Å². The molecule has 10 aromatic heterocycles. The molecular formula is C89H72N12. The first-order valence-corrected chi connectivity index (χ1v) is 33.6. The number of hydrogen-bond acceptors (Lipinski definition) is 9. The predicted molar refractivity (Wildman–Crippen MR) is 416 cm³/mol. The van der Waals surface area contributed by atoms with Crippen molar-refractivity contribution in [1.82, 2.24) is 58.6 Å². The van der Waals surface area contributed by atoms with Crippen LogP contribution < -0.4 is 0 Å². The van der Waals surface area contributed by atoms with Crippen molar-refractivity contribution >= 4 is 87.2 Å². The molecule has 0 amide bonds. The van der Waals surface area contributed by atoms with E-state index in [0.29, 0.717) is 0 Å². The third-order valence-electron chi connectivity index (χ3n) is 17.4. The number of aryl methyl sites for hydroxylation is 6. The molecule has 488 valence electrons. The van der Waals surface area contributed by atoms with E-state index in [4.69, 9.17) is 0 Å². The zero-order valence-electron chi connectivity index (χ0n) is 57.0. The average molecular weight is 1310 g/mol. The fraction of sp³-hybridized carbons (Fsp3) is 0.0674. The van der Waals surface area contributed by atoms with Crippen LogP contribution in [-0.2, 0) is 0 Å². The molecule has 12 nitrogen and oxygen atoms in total. The molecule has 0 aliphatic carbocycles. The summed E-state index contributed by atoms with van der Waals surface area (Å²) >= 11 is 0. The van der Waals surface area contributed by atoms with E-state index in [1.54, 1.807) is 0 Å². The molecule has 12 heteroatoms. The Hall–Kier alpha value is -13.2. The van der Waals surface area contributed by atoms with Crippen LogP contribution in [0.5, 0.6) is 0 Å². The zero-order chi connectivity index (χ0) is 69.0. The van der Waals surface area contributed by atoms with Crippen molar-refractivity contribution < 1.29 is 0 Å². The van der Waals surface area contributed by atoms with Crippen molar-refractivity contribution in [3.8, 4) is 39.8 Å². The van der Waals surface area contributed by atoms with Crippen LogP contribution in [-0.4, -0.2) is 58.6 Å². The van der Waals surface area contributed by atoms with Crippen LogP contribution in [0.15, 0.2) is 329 Å². The van der Waals surface area contributed by atoms with Crippen molar-refractivity contribution in [2.24, 2.45) is 0 Å². The summed E-state index contributed by atoms with van der Waals surface area (Å²) < 4.78 is 6.72. The Balaban J connectivity index is 0.000000104. The van der Waals surface area contributed by atoms with Gasteiger partial charge >= 0.3 is 0 Å². The van der Waals surface area contributed by atoms with Crippen molar-refractivity contribution in [3.05, 3.63) is 363 Å². The van der Waals surface area contributed by atoms with Crippen LogP contribution in [0, 0.1) is 41.5 Å². The van der Waals surface area contributed by atoms with Gasteiger partial charge in [-0.2, -0.15) is 0 Å². The lowest BCUT2D eigenvalue weighted by molar-refractivity contribution is 1.08. The molecule has 19 aromatic rings. The first-order chi connectivity index (χ1) is 49.6. The molecule has 0 bridgehead atoms. The predicted octanol–water partition coefficient (Wildman–Crippen LogP) is 21.5. The Morgan fingerprint density at radius 1 is 0.257 bits per heavy atom. The Labute approximate surface area is 586 Å².